The zero-order valence-electron chi connectivity index (χ0n) is 10.2. The molecule has 1 amide bonds. The van der Waals surface area contributed by atoms with E-state index in [-0.39, 0.29) is 12.1 Å². The number of carboxylic acids is 1. The molecule has 0 aliphatic heterocycles. The number of aliphatic carboxylic acids is 1. The van der Waals surface area contributed by atoms with Crippen LogP contribution in [0.25, 0.3) is 0 Å². The van der Waals surface area contributed by atoms with Crippen molar-refractivity contribution in [3.8, 4) is 0 Å². The van der Waals surface area contributed by atoms with E-state index < -0.39 is 11.9 Å². The second kappa shape index (κ2) is 6.12. The van der Waals surface area contributed by atoms with E-state index in [4.69, 9.17) is 16.7 Å². The van der Waals surface area contributed by atoms with Crippen molar-refractivity contribution in [3.05, 3.63) is 53.1 Å². The molecule has 0 fully saturated rings. The van der Waals surface area contributed by atoms with Gasteiger partial charge in [-0.1, -0.05) is 11.6 Å². The number of hydrogen-bond donors (Lipinski definition) is 2. The van der Waals surface area contributed by atoms with Crippen LogP contribution < -0.4 is 5.32 Å². The van der Waals surface area contributed by atoms with Crippen LogP contribution in [-0.2, 0) is 11.2 Å². The van der Waals surface area contributed by atoms with Crippen LogP contribution in [0.3, 0.4) is 0 Å². The van der Waals surface area contributed by atoms with Crippen LogP contribution in [-0.4, -0.2) is 27.0 Å². The van der Waals surface area contributed by atoms with Gasteiger partial charge in [0.05, 0.1) is 29.0 Å². The summed E-state index contributed by atoms with van der Waals surface area (Å²) < 4.78 is 0. The summed E-state index contributed by atoms with van der Waals surface area (Å²) in [7, 11) is 0. The molecule has 2 aromatic rings. The van der Waals surface area contributed by atoms with Crippen LogP contribution in [0, 0.1) is 0 Å². The highest BCUT2D eigenvalue weighted by molar-refractivity contribution is 6.30. The molecule has 0 saturated carbocycles. The minimum absolute atomic E-state index is 0.160. The van der Waals surface area contributed by atoms with Gasteiger partial charge >= 0.3 is 5.97 Å². The topological polar surface area (TPSA) is 92.2 Å². The van der Waals surface area contributed by atoms with E-state index in [2.05, 4.69) is 15.3 Å². The number of pyridine rings is 2. The number of aromatic nitrogens is 2. The Morgan fingerprint density at radius 2 is 1.95 bits per heavy atom. The van der Waals surface area contributed by atoms with Crippen molar-refractivity contribution in [2.24, 2.45) is 0 Å². The van der Waals surface area contributed by atoms with Crippen molar-refractivity contribution in [1.82, 2.24) is 9.97 Å². The van der Waals surface area contributed by atoms with Crippen LogP contribution in [0.1, 0.15) is 16.2 Å². The first-order valence-electron chi connectivity index (χ1n) is 5.64. The molecule has 0 aliphatic carbocycles. The Hall–Kier alpha value is -2.47. The van der Waals surface area contributed by atoms with E-state index in [1.807, 2.05) is 0 Å². The van der Waals surface area contributed by atoms with E-state index in [9.17, 15) is 9.59 Å². The van der Waals surface area contributed by atoms with Crippen molar-refractivity contribution < 1.29 is 14.7 Å². The van der Waals surface area contributed by atoms with Crippen molar-refractivity contribution in [3.63, 3.8) is 0 Å². The predicted molar refractivity (Wildman–Crippen MR) is 72.8 cm³/mol. The Morgan fingerprint density at radius 3 is 2.50 bits per heavy atom. The third kappa shape index (κ3) is 3.76. The number of amides is 1. The highest BCUT2D eigenvalue weighted by Gasteiger charge is 2.08. The monoisotopic (exact) mass is 291 g/mol. The first-order chi connectivity index (χ1) is 9.54. The van der Waals surface area contributed by atoms with Crippen molar-refractivity contribution in [1.29, 1.82) is 0 Å². The van der Waals surface area contributed by atoms with Gasteiger partial charge in [0.2, 0.25) is 0 Å². The second-order valence-corrected chi connectivity index (χ2v) is 4.36. The first-order valence-corrected chi connectivity index (χ1v) is 6.02. The maximum atomic E-state index is 11.8. The lowest BCUT2D eigenvalue weighted by molar-refractivity contribution is -0.136. The number of carbonyl (C=O) groups is 2. The fourth-order valence-electron chi connectivity index (χ4n) is 1.46. The fourth-order valence-corrected chi connectivity index (χ4v) is 1.57. The maximum Gasteiger partial charge on any atom is 0.309 e. The predicted octanol–water partition coefficient (Wildman–Crippen LogP) is 2.01. The number of carboxylic acid groups (broad SMARTS) is 1. The molecule has 102 valence electrons. The Labute approximate surface area is 119 Å². The largest absolute Gasteiger partial charge is 0.481 e. The molecular weight excluding hydrogens is 282 g/mol. The molecule has 2 heterocycles. The smallest absolute Gasteiger partial charge is 0.309 e. The normalized spacial score (nSPS) is 10.1. The Bertz CT molecular complexity index is 626. The number of rotatable bonds is 4. The lowest BCUT2D eigenvalue weighted by atomic mass is 10.2. The Kier molecular flexibility index (Phi) is 4.27. The number of nitrogens with zero attached hydrogens (tertiary/aromatic N) is 2. The number of carbonyl (C=O) groups excluding carboxylic acids is 1. The zero-order valence-corrected chi connectivity index (χ0v) is 11.0. The third-order valence-electron chi connectivity index (χ3n) is 2.37. The molecule has 0 saturated heterocycles. The van der Waals surface area contributed by atoms with Gasteiger partial charge in [-0.3, -0.25) is 14.6 Å². The zero-order chi connectivity index (χ0) is 14.5. The summed E-state index contributed by atoms with van der Waals surface area (Å²) >= 11 is 5.68. The maximum absolute atomic E-state index is 11.8. The van der Waals surface area contributed by atoms with E-state index in [1.165, 1.54) is 18.5 Å². The average Bonchev–Trinajstić information content (AvgIpc) is 2.41. The van der Waals surface area contributed by atoms with E-state index >= 15 is 0 Å². The van der Waals surface area contributed by atoms with E-state index in [0.29, 0.717) is 16.4 Å². The lowest BCUT2D eigenvalue weighted by Crippen LogP contribution is -2.13. The Balaban J connectivity index is 2.04. The summed E-state index contributed by atoms with van der Waals surface area (Å²) in [5.74, 6) is -1.35. The van der Waals surface area contributed by atoms with Gasteiger partial charge in [0.1, 0.15) is 5.69 Å². The van der Waals surface area contributed by atoms with E-state index in [1.54, 1.807) is 18.2 Å². The molecule has 0 aliphatic rings. The molecule has 0 unspecified atom stereocenters. The van der Waals surface area contributed by atoms with Gasteiger partial charge in [-0.25, -0.2) is 4.98 Å². The minimum Gasteiger partial charge on any atom is -0.481 e. The molecule has 0 radical (unpaired) electrons. The molecule has 6 nitrogen and oxygen atoms in total. The molecule has 2 rings (SSSR count). The van der Waals surface area contributed by atoms with Gasteiger partial charge in [-0.05, 0) is 24.3 Å². The van der Waals surface area contributed by atoms with Gasteiger partial charge in [-0.2, -0.15) is 0 Å². The summed E-state index contributed by atoms with van der Waals surface area (Å²) in [6.45, 7) is 0. The number of halogens is 1. The summed E-state index contributed by atoms with van der Waals surface area (Å²) in [4.78, 5) is 30.2. The second-order valence-electron chi connectivity index (χ2n) is 3.92. The Morgan fingerprint density at radius 1 is 1.15 bits per heavy atom. The molecule has 2 aromatic heterocycles. The first kappa shape index (κ1) is 14.0. The molecule has 2 N–H and O–H groups in total. The summed E-state index contributed by atoms with van der Waals surface area (Å²) in [5.41, 5.74) is 1.10. The molecule has 20 heavy (non-hydrogen) atoms. The van der Waals surface area contributed by atoms with Crippen LogP contribution >= 0.6 is 11.6 Å². The molecule has 0 aromatic carbocycles. The van der Waals surface area contributed by atoms with E-state index in [0.717, 1.165) is 0 Å². The van der Waals surface area contributed by atoms with Crippen LogP contribution in [0.2, 0.25) is 5.02 Å². The highest BCUT2D eigenvalue weighted by Crippen LogP contribution is 2.10. The summed E-state index contributed by atoms with van der Waals surface area (Å²) in [6.07, 6.45) is 2.61. The van der Waals surface area contributed by atoms with Crippen molar-refractivity contribution >= 4 is 29.2 Å². The van der Waals surface area contributed by atoms with Gasteiger partial charge in [-0.15, -0.1) is 0 Å². The number of hydrogen-bond acceptors (Lipinski definition) is 4. The molecular formula is C13H10ClN3O3. The van der Waals surface area contributed by atoms with Gasteiger partial charge in [0.25, 0.3) is 5.91 Å². The third-order valence-corrected chi connectivity index (χ3v) is 2.60. The van der Waals surface area contributed by atoms with Crippen LogP contribution in [0.5, 0.6) is 0 Å². The van der Waals surface area contributed by atoms with Crippen molar-refractivity contribution in [2.45, 2.75) is 6.42 Å². The highest BCUT2D eigenvalue weighted by atomic mass is 35.5. The van der Waals surface area contributed by atoms with Crippen LogP contribution in [0.15, 0.2) is 36.7 Å². The lowest BCUT2D eigenvalue weighted by Gasteiger charge is -2.05. The average molecular weight is 292 g/mol. The van der Waals surface area contributed by atoms with Gasteiger partial charge in [0, 0.05) is 6.20 Å². The summed E-state index contributed by atoms with van der Waals surface area (Å²) in [6, 6.07) is 6.19. The summed E-state index contributed by atoms with van der Waals surface area (Å²) in [5, 5.41) is 11.7. The van der Waals surface area contributed by atoms with Gasteiger partial charge in [0.15, 0.2) is 0 Å². The van der Waals surface area contributed by atoms with Crippen molar-refractivity contribution in [2.75, 3.05) is 5.32 Å². The standard InChI is InChI=1S/C13H10ClN3O3/c14-8-1-4-11(16-6-8)13(20)17-10-3-2-9(15-7-10)5-12(18)19/h1-4,6-7H,5H2,(H,17,20)(H,18,19). The molecule has 0 atom stereocenters. The minimum atomic E-state index is -0.959. The molecule has 0 bridgehead atoms. The van der Waals surface area contributed by atoms with Gasteiger partial charge < -0.3 is 10.4 Å². The fraction of sp³-hybridized carbons (Fsp3) is 0.0769. The SMILES string of the molecule is O=C(O)Cc1ccc(NC(=O)c2ccc(Cl)cn2)cn1. The molecule has 0 spiro atoms. The number of anilines is 1. The van der Waals surface area contributed by atoms with Crippen LogP contribution in [0.4, 0.5) is 5.69 Å². The number of nitrogens with one attached hydrogen (secondary N) is 1. The quantitative estimate of drug-likeness (QED) is 0.899. The molecule has 7 heteroatoms.